The third-order valence-corrected chi connectivity index (χ3v) is 2.48. The van der Waals surface area contributed by atoms with Crippen molar-refractivity contribution in [1.29, 1.82) is 0 Å². The first kappa shape index (κ1) is 9.12. The van der Waals surface area contributed by atoms with Gasteiger partial charge in [0, 0.05) is 12.1 Å². The molecule has 0 radical (unpaired) electrons. The fraction of sp³-hybridized carbons (Fsp3) is 0.400. The molecule has 0 aliphatic heterocycles. The molecular weight excluding hydrogens is 183 g/mol. The topological polar surface area (TPSA) is 42.0 Å². The van der Waals surface area contributed by atoms with Crippen molar-refractivity contribution in [2.24, 2.45) is 5.92 Å². The molecule has 0 unspecified atom stereocenters. The third kappa shape index (κ3) is 1.73. The van der Waals surface area contributed by atoms with Gasteiger partial charge in [0.2, 0.25) is 5.91 Å². The van der Waals surface area contributed by atoms with E-state index in [1.165, 1.54) is 18.3 Å². The lowest BCUT2D eigenvalue weighted by Crippen LogP contribution is -2.28. The number of nitrogens with zero attached hydrogens (tertiary/aromatic N) is 1. The second-order valence-electron chi connectivity index (χ2n) is 3.45. The van der Waals surface area contributed by atoms with Crippen LogP contribution in [0.3, 0.4) is 0 Å². The van der Waals surface area contributed by atoms with Crippen LogP contribution in [0.5, 0.6) is 0 Å². The van der Waals surface area contributed by atoms with Crippen molar-refractivity contribution in [2.75, 3.05) is 5.32 Å². The Morgan fingerprint density at radius 1 is 1.57 bits per heavy atom. The smallest absolute Gasteiger partial charge is 0.228 e. The quantitative estimate of drug-likeness (QED) is 0.781. The summed E-state index contributed by atoms with van der Waals surface area (Å²) in [6.07, 6.45) is 4.35. The van der Waals surface area contributed by atoms with E-state index >= 15 is 0 Å². The number of aromatic nitrogens is 1. The number of halogens is 1. The fourth-order valence-electron chi connectivity index (χ4n) is 1.37. The van der Waals surface area contributed by atoms with Gasteiger partial charge in [0.1, 0.15) is 0 Å². The molecular formula is C10H11FN2O. The third-order valence-electron chi connectivity index (χ3n) is 2.48. The van der Waals surface area contributed by atoms with E-state index in [4.69, 9.17) is 0 Å². The average Bonchev–Trinajstić information content (AvgIpc) is 2.05. The van der Waals surface area contributed by atoms with Crippen LogP contribution in [-0.2, 0) is 4.79 Å². The summed E-state index contributed by atoms with van der Waals surface area (Å²) in [6, 6.07) is 2.78. The number of anilines is 1. The van der Waals surface area contributed by atoms with Gasteiger partial charge in [-0.2, -0.15) is 0 Å². The summed E-state index contributed by atoms with van der Waals surface area (Å²) in [5.41, 5.74) is 0. The van der Waals surface area contributed by atoms with Crippen LogP contribution in [0.4, 0.5) is 10.2 Å². The van der Waals surface area contributed by atoms with Crippen LogP contribution in [0.15, 0.2) is 18.3 Å². The highest BCUT2D eigenvalue weighted by Crippen LogP contribution is 2.27. The zero-order valence-corrected chi connectivity index (χ0v) is 7.66. The van der Waals surface area contributed by atoms with Gasteiger partial charge >= 0.3 is 0 Å². The van der Waals surface area contributed by atoms with Crippen molar-refractivity contribution in [3.63, 3.8) is 0 Å². The van der Waals surface area contributed by atoms with Gasteiger partial charge in [-0.3, -0.25) is 4.79 Å². The molecule has 0 atom stereocenters. The van der Waals surface area contributed by atoms with Crippen molar-refractivity contribution in [2.45, 2.75) is 19.3 Å². The van der Waals surface area contributed by atoms with E-state index < -0.39 is 5.82 Å². The Bertz CT molecular complexity index is 350. The molecule has 2 rings (SSSR count). The van der Waals surface area contributed by atoms with Crippen molar-refractivity contribution in [1.82, 2.24) is 4.98 Å². The first-order chi connectivity index (χ1) is 6.77. The summed E-state index contributed by atoms with van der Waals surface area (Å²) in [4.78, 5) is 15.2. The number of pyridine rings is 1. The van der Waals surface area contributed by atoms with E-state index in [9.17, 15) is 9.18 Å². The highest BCUT2D eigenvalue weighted by molar-refractivity contribution is 5.92. The molecule has 1 aliphatic carbocycles. The van der Waals surface area contributed by atoms with Crippen LogP contribution in [0, 0.1) is 11.7 Å². The molecule has 14 heavy (non-hydrogen) atoms. The van der Waals surface area contributed by atoms with E-state index in [0.29, 0.717) is 0 Å². The molecule has 1 saturated carbocycles. The maximum Gasteiger partial charge on any atom is 0.228 e. The summed E-state index contributed by atoms with van der Waals surface area (Å²) in [5, 5.41) is 2.49. The highest BCUT2D eigenvalue weighted by atomic mass is 19.1. The first-order valence-corrected chi connectivity index (χ1v) is 4.69. The molecule has 1 fully saturated rings. The normalized spacial score (nSPS) is 16.1. The monoisotopic (exact) mass is 194 g/mol. The molecule has 3 nitrogen and oxygen atoms in total. The number of carbonyl (C=O) groups is 1. The SMILES string of the molecule is O=C(Nc1ncccc1F)C1CCC1. The summed E-state index contributed by atoms with van der Waals surface area (Å²) < 4.78 is 13.1. The Morgan fingerprint density at radius 3 is 2.93 bits per heavy atom. The average molecular weight is 194 g/mol. The Labute approximate surface area is 81.3 Å². The van der Waals surface area contributed by atoms with Gasteiger partial charge in [-0.1, -0.05) is 6.42 Å². The molecule has 1 aromatic rings. The molecule has 1 aliphatic rings. The van der Waals surface area contributed by atoms with Gasteiger partial charge in [0.15, 0.2) is 11.6 Å². The van der Waals surface area contributed by atoms with E-state index in [0.717, 1.165) is 19.3 Å². The lowest BCUT2D eigenvalue weighted by atomic mass is 9.85. The van der Waals surface area contributed by atoms with Gasteiger partial charge in [-0.25, -0.2) is 9.37 Å². The molecule has 1 heterocycles. The van der Waals surface area contributed by atoms with Gasteiger partial charge in [0.25, 0.3) is 0 Å². The second kappa shape index (κ2) is 3.74. The summed E-state index contributed by atoms with van der Waals surface area (Å²) in [5.74, 6) is -0.519. The van der Waals surface area contributed by atoms with Crippen molar-refractivity contribution in [3.8, 4) is 0 Å². The zero-order chi connectivity index (χ0) is 9.97. The largest absolute Gasteiger partial charge is 0.308 e. The maximum absolute atomic E-state index is 13.1. The second-order valence-corrected chi connectivity index (χ2v) is 3.45. The van der Waals surface area contributed by atoms with Crippen molar-refractivity contribution in [3.05, 3.63) is 24.1 Å². The number of hydrogen-bond donors (Lipinski definition) is 1. The lowest BCUT2D eigenvalue weighted by molar-refractivity contribution is -0.122. The minimum atomic E-state index is -0.486. The van der Waals surface area contributed by atoms with Crippen molar-refractivity contribution < 1.29 is 9.18 Å². The minimum absolute atomic E-state index is 0.0319. The maximum atomic E-state index is 13.1. The molecule has 1 N–H and O–H groups in total. The van der Waals surface area contributed by atoms with Crippen LogP contribution in [0.25, 0.3) is 0 Å². The number of carbonyl (C=O) groups excluding carboxylic acids is 1. The van der Waals surface area contributed by atoms with Crippen LogP contribution in [-0.4, -0.2) is 10.9 Å². The van der Waals surface area contributed by atoms with Crippen LogP contribution < -0.4 is 5.32 Å². The standard InChI is InChI=1S/C10H11FN2O/c11-8-5-2-6-12-9(8)13-10(14)7-3-1-4-7/h2,5-7H,1,3-4H2,(H,12,13,14). The molecule has 4 heteroatoms. The van der Waals surface area contributed by atoms with Gasteiger partial charge < -0.3 is 5.32 Å². The number of hydrogen-bond acceptors (Lipinski definition) is 2. The predicted molar refractivity (Wildman–Crippen MR) is 50.2 cm³/mol. The van der Waals surface area contributed by atoms with E-state index in [1.54, 1.807) is 0 Å². The van der Waals surface area contributed by atoms with Crippen LogP contribution in [0.2, 0.25) is 0 Å². The molecule has 74 valence electrons. The van der Waals surface area contributed by atoms with E-state index in [-0.39, 0.29) is 17.6 Å². The van der Waals surface area contributed by atoms with Gasteiger partial charge in [-0.15, -0.1) is 0 Å². The van der Waals surface area contributed by atoms with Crippen LogP contribution in [0.1, 0.15) is 19.3 Å². The molecule has 1 aromatic heterocycles. The predicted octanol–water partition coefficient (Wildman–Crippen LogP) is 1.96. The summed E-state index contributed by atoms with van der Waals surface area (Å²) in [6.45, 7) is 0. The zero-order valence-electron chi connectivity index (χ0n) is 7.66. The van der Waals surface area contributed by atoms with Gasteiger partial charge in [0.05, 0.1) is 0 Å². The summed E-state index contributed by atoms with van der Waals surface area (Å²) >= 11 is 0. The highest BCUT2D eigenvalue weighted by Gasteiger charge is 2.25. The number of amides is 1. The van der Waals surface area contributed by atoms with Gasteiger partial charge in [-0.05, 0) is 25.0 Å². The van der Waals surface area contributed by atoms with Crippen LogP contribution >= 0.6 is 0 Å². The lowest BCUT2D eigenvalue weighted by Gasteiger charge is -2.23. The minimum Gasteiger partial charge on any atom is -0.308 e. The number of nitrogens with one attached hydrogen (secondary N) is 1. The number of rotatable bonds is 2. The molecule has 0 bridgehead atoms. The Hall–Kier alpha value is -1.45. The van der Waals surface area contributed by atoms with E-state index in [2.05, 4.69) is 10.3 Å². The molecule has 0 aromatic carbocycles. The Balaban J connectivity index is 2.03. The molecule has 0 spiro atoms. The van der Waals surface area contributed by atoms with E-state index in [1.807, 2.05) is 0 Å². The molecule has 1 amide bonds. The molecule has 0 saturated heterocycles. The fourth-order valence-corrected chi connectivity index (χ4v) is 1.37. The Morgan fingerprint density at radius 2 is 2.36 bits per heavy atom. The van der Waals surface area contributed by atoms with Crippen molar-refractivity contribution >= 4 is 11.7 Å². The first-order valence-electron chi connectivity index (χ1n) is 4.69. The Kier molecular flexibility index (Phi) is 2.43. The summed E-state index contributed by atoms with van der Waals surface area (Å²) in [7, 11) is 0.